The molecule has 2 amide bonds. The summed E-state index contributed by atoms with van der Waals surface area (Å²) in [6.45, 7) is 5.96. The zero-order valence-corrected chi connectivity index (χ0v) is 23.4. The fraction of sp³-hybridized carbons (Fsp3) is 0.292. The van der Waals surface area contributed by atoms with E-state index in [1.165, 1.54) is 6.92 Å². The minimum atomic E-state index is -0.999. The first-order valence-electron chi connectivity index (χ1n) is 10.5. The van der Waals surface area contributed by atoms with Gasteiger partial charge in [0.05, 0.1) is 22.6 Å². The number of hydrogen-bond acceptors (Lipinski definition) is 7. The molecule has 0 bridgehead atoms. The van der Waals surface area contributed by atoms with Crippen LogP contribution in [0.4, 0.5) is 4.79 Å². The van der Waals surface area contributed by atoms with Crippen LogP contribution >= 0.6 is 50.3 Å². The molecule has 1 heterocycles. The first kappa shape index (κ1) is 26.6. The van der Waals surface area contributed by atoms with E-state index < -0.39 is 23.2 Å². The van der Waals surface area contributed by atoms with Gasteiger partial charge in [0.15, 0.2) is 11.5 Å². The van der Waals surface area contributed by atoms with Crippen LogP contribution in [-0.4, -0.2) is 41.3 Å². The molecule has 2 aromatic carbocycles. The zero-order valence-electron chi connectivity index (χ0n) is 18.8. The van der Waals surface area contributed by atoms with E-state index in [4.69, 9.17) is 14.2 Å². The van der Waals surface area contributed by atoms with Gasteiger partial charge in [-0.3, -0.25) is 14.5 Å². The number of amides is 2. The number of rotatable bonds is 9. The Balaban J connectivity index is 1.84. The van der Waals surface area contributed by atoms with Crippen molar-refractivity contribution in [3.8, 4) is 11.5 Å². The summed E-state index contributed by atoms with van der Waals surface area (Å²) >= 11 is 6.57. The Hall–Kier alpha value is -2.05. The number of hydrogen-bond donors (Lipinski definition) is 0. The van der Waals surface area contributed by atoms with Crippen molar-refractivity contribution >= 4 is 73.5 Å². The molecule has 1 aliphatic heterocycles. The van der Waals surface area contributed by atoms with Gasteiger partial charge in [-0.25, -0.2) is 4.79 Å². The van der Waals surface area contributed by atoms with Crippen LogP contribution in [0.1, 0.15) is 31.9 Å². The molecule has 0 N–H and O–H groups in total. The number of halogens is 2. The summed E-state index contributed by atoms with van der Waals surface area (Å²) in [4.78, 5) is 38.5. The van der Waals surface area contributed by atoms with E-state index in [0.717, 1.165) is 25.8 Å². The van der Waals surface area contributed by atoms with E-state index in [0.29, 0.717) is 34.7 Å². The Kier molecular flexibility index (Phi) is 9.43. The van der Waals surface area contributed by atoms with Crippen LogP contribution in [0, 0.1) is 3.57 Å². The highest BCUT2D eigenvalue weighted by Gasteiger charge is 2.41. The predicted octanol–water partition coefficient (Wildman–Crippen LogP) is 6.02. The van der Waals surface area contributed by atoms with E-state index in [1.54, 1.807) is 25.1 Å². The molecule has 1 fully saturated rings. The summed E-state index contributed by atoms with van der Waals surface area (Å²) in [5, 5.41) is -0.515. The summed E-state index contributed by atoms with van der Waals surface area (Å²) in [5.41, 5.74) is 1.66. The summed E-state index contributed by atoms with van der Waals surface area (Å²) in [5.74, 6) is -0.111. The summed E-state index contributed by atoms with van der Waals surface area (Å²) in [6.07, 6.45) is 1.60. The normalized spacial score (nSPS) is 15.6. The van der Waals surface area contributed by atoms with Gasteiger partial charge in [-0.2, -0.15) is 0 Å². The van der Waals surface area contributed by atoms with Crippen molar-refractivity contribution in [3.63, 3.8) is 0 Å². The maximum atomic E-state index is 12.9. The fourth-order valence-corrected chi connectivity index (χ4v) is 4.99. The highest BCUT2D eigenvalue weighted by atomic mass is 127. The van der Waals surface area contributed by atoms with Gasteiger partial charge in [-0.05, 0) is 113 Å². The Morgan fingerprint density at radius 1 is 1.15 bits per heavy atom. The minimum absolute atomic E-state index is 0.168. The molecule has 0 unspecified atom stereocenters. The lowest BCUT2D eigenvalue weighted by Gasteiger charge is -2.19. The molecule has 0 spiro atoms. The lowest BCUT2D eigenvalue weighted by molar-refractivity contribution is -0.150. The number of nitrogens with zero attached hydrogens (tertiary/aromatic N) is 1. The van der Waals surface area contributed by atoms with Crippen LogP contribution < -0.4 is 9.47 Å². The SMILES string of the molecule is CCOC(=O)[C@@H](C)N1C(=O)S/C(=C/c2cc(Br)c(OCc3ccc(I)cc3)c(OCC)c2)C1=O. The predicted molar refractivity (Wildman–Crippen MR) is 143 cm³/mol. The van der Waals surface area contributed by atoms with Crippen molar-refractivity contribution in [1.29, 1.82) is 0 Å². The molecular weight excluding hydrogens is 637 g/mol. The third-order valence-electron chi connectivity index (χ3n) is 4.76. The summed E-state index contributed by atoms with van der Waals surface area (Å²) < 4.78 is 18.5. The topological polar surface area (TPSA) is 82.1 Å². The zero-order chi connectivity index (χ0) is 24.8. The number of esters is 1. The summed E-state index contributed by atoms with van der Waals surface area (Å²) in [6, 6.07) is 10.6. The van der Waals surface area contributed by atoms with Gasteiger partial charge in [0.2, 0.25) is 0 Å². The number of carbonyl (C=O) groups is 3. The largest absolute Gasteiger partial charge is 0.490 e. The van der Waals surface area contributed by atoms with Gasteiger partial charge in [0.1, 0.15) is 12.6 Å². The van der Waals surface area contributed by atoms with E-state index in [-0.39, 0.29) is 11.5 Å². The van der Waals surface area contributed by atoms with Crippen LogP contribution in [0.15, 0.2) is 45.8 Å². The molecule has 34 heavy (non-hydrogen) atoms. The van der Waals surface area contributed by atoms with Crippen molar-refractivity contribution in [1.82, 2.24) is 4.90 Å². The Labute approximate surface area is 224 Å². The first-order valence-corrected chi connectivity index (χ1v) is 13.2. The summed E-state index contributed by atoms with van der Waals surface area (Å²) in [7, 11) is 0. The van der Waals surface area contributed by atoms with Crippen LogP contribution in [0.2, 0.25) is 0 Å². The van der Waals surface area contributed by atoms with Gasteiger partial charge in [-0.1, -0.05) is 12.1 Å². The fourth-order valence-electron chi connectivity index (χ4n) is 3.14. The standard InChI is InChI=1S/C24H23BrINO6S/c1-4-31-19-11-16(10-18(25)21(19)33-13-15-6-8-17(26)9-7-15)12-20-22(28)27(24(30)34-20)14(3)23(29)32-5-2/h6-12,14H,4-5,13H2,1-3H3/b20-12+/t14-/m1/s1. The lowest BCUT2D eigenvalue weighted by atomic mass is 10.1. The maximum absolute atomic E-state index is 12.9. The molecule has 3 rings (SSSR count). The van der Waals surface area contributed by atoms with Gasteiger partial charge in [-0.15, -0.1) is 0 Å². The number of ether oxygens (including phenoxy) is 3. The molecular formula is C24H23BrINO6S. The first-order chi connectivity index (χ1) is 16.2. The van der Waals surface area contributed by atoms with Crippen LogP contribution in [0.5, 0.6) is 11.5 Å². The third-order valence-corrected chi connectivity index (χ3v) is 6.96. The molecule has 7 nitrogen and oxygen atoms in total. The van der Waals surface area contributed by atoms with Crippen molar-refractivity contribution in [3.05, 3.63) is 60.5 Å². The van der Waals surface area contributed by atoms with Gasteiger partial charge in [0, 0.05) is 3.57 Å². The molecule has 0 aliphatic carbocycles. The van der Waals surface area contributed by atoms with E-state index in [2.05, 4.69) is 38.5 Å². The minimum Gasteiger partial charge on any atom is -0.490 e. The smallest absolute Gasteiger partial charge is 0.329 e. The van der Waals surface area contributed by atoms with E-state index in [9.17, 15) is 14.4 Å². The molecule has 10 heteroatoms. The second-order valence-corrected chi connectivity index (χ2v) is 10.3. The van der Waals surface area contributed by atoms with Crippen LogP contribution in [0.25, 0.3) is 6.08 Å². The quantitative estimate of drug-likeness (QED) is 0.185. The van der Waals surface area contributed by atoms with E-state index in [1.807, 2.05) is 31.2 Å². The van der Waals surface area contributed by atoms with Crippen molar-refractivity contribution in [2.24, 2.45) is 0 Å². The monoisotopic (exact) mass is 659 g/mol. The Morgan fingerprint density at radius 2 is 1.85 bits per heavy atom. The maximum Gasteiger partial charge on any atom is 0.329 e. The van der Waals surface area contributed by atoms with Crippen molar-refractivity contribution in [2.45, 2.75) is 33.4 Å². The number of imide groups is 1. The molecule has 1 saturated heterocycles. The third kappa shape index (κ3) is 6.33. The molecule has 1 atom stereocenters. The van der Waals surface area contributed by atoms with Gasteiger partial charge >= 0.3 is 5.97 Å². The average Bonchev–Trinajstić information content (AvgIpc) is 3.07. The highest BCUT2D eigenvalue weighted by molar-refractivity contribution is 14.1. The number of carbonyl (C=O) groups excluding carboxylic acids is 3. The van der Waals surface area contributed by atoms with Gasteiger partial charge in [0.25, 0.3) is 11.1 Å². The Bertz CT molecular complexity index is 1120. The lowest BCUT2D eigenvalue weighted by Crippen LogP contribution is -2.42. The molecule has 0 radical (unpaired) electrons. The second kappa shape index (κ2) is 12.1. The highest BCUT2D eigenvalue weighted by Crippen LogP contribution is 2.40. The average molecular weight is 660 g/mol. The second-order valence-electron chi connectivity index (χ2n) is 7.16. The number of thioether (sulfide) groups is 1. The van der Waals surface area contributed by atoms with Gasteiger partial charge < -0.3 is 14.2 Å². The number of benzene rings is 2. The van der Waals surface area contributed by atoms with E-state index >= 15 is 0 Å². The molecule has 180 valence electrons. The molecule has 2 aromatic rings. The van der Waals surface area contributed by atoms with Crippen LogP contribution in [-0.2, 0) is 20.9 Å². The molecule has 0 aromatic heterocycles. The molecule has 0 saturated carbocycles. The Morgan fingerprint density at radius 3 is 2.50 bits per heavy atom. The molecule has 1 aliphatic rings. The van der Waals surface area contributed by atoms with Crippen molar-refractivity contribution < 1.29 is 28.6 Å². The van der Waals surface area contributed by atoms with Crippen LogP contribution in [0.3, 0.4) is 0 Å². The van der Waals surface area contributed by atoms with Crippen molar-refractivity contribution in [2.75, 3.05) is 13.2 Å².